The summed E-state index contributed by atoms with van der Waals surface area (Å²) in [7, 11) is 1.69. The highest BCUT2D eigenvalue weighted by Gasteiger charge is 2.16. The van der Waals surface area contributed by atoms with E-state index < -0.39 is 0 Å². The molecule has 1 N–H and O–H groups in total. The van der Waals surface area contributed by atoms with E-state index in [1.54, 1.807) is 13.1 Å². The van der Waals surface area contributed by atoms with Gasteiger partial charge in [0, 0.05) is 22.9 Å². The molecule has 0 aliphatic rings. The second kappa shape index (κ2) is 6.18. The number of pyridine rings is 1. The molecule has 1 aromatic heterocycles. The van der Waals surface area contributed by atoms with Crippen molar-refractivity contribution in [2.45, 2.75) is 26.7 Å². The Labute approximate surface area is 115 Å². The molecule has 0 aliphatic carbocycles. The van der Waals surface area contributed by atoms with Crippen LogP contribution < -0.4 is 5.56 Å². The summed E-state index contributed by atoms with van der Waals surface area (Å²) in [6.45, 7) is 4.52. The highest BCUT2D eigenvalue weighted by atomic mass is 127. The molecule has 0 aromatic carbocycles. The van der Waals surface area contributed by atoms with Gasteiger partial charge in [0.25, 0.3) is 11.5 Å². The van der Waals surface area contributed by atoms with Gasteiger partial charge in [0.05, 0.1) is 0 Å². The van der Waals surface area contributed by atoms with Gasteiger partial charge in [-0.2, -0.15) is 0 Å². The zero-order valence-electron chi connectivity index (χ0n) is 10.3. The first-order valence-electron chi connectivity index (χ1n) is 5.68. The molecule has 0 radical (unpaired) electrons. The van der Waals surface area contributed by atoms with E-state index in [4.69, 9.17) is 0 Å². The summed E-state index contributed by atoms with van der Waals surface area (Å²) in [5, 5.41) is 0. The van der Waals surface area contributed by atoms with Crippen molar-refractivity contribution in [3.8, 4) is 0 Å². The number of carbonyl (C=O) groups excluding carboxylic acids is 1. The Hall–Kier alpha value is -0.850. The quantitative estimate of drug-likeness (QED) is 0.847. The average Bonchev–Trinajstić information content (AvgIpc) is 2.31. The minimum atomic E-state index is -0.292. The SMILES string of the molecule is CCCc1[nH]c(=O)c(C(=O)N(C)CC)cc1I. The lowest BCUT2D eigenvalue weighted by Gasteiger charge is -2.14. The largest absolute Gasteiger partial charge is 0.342 e. The summed E-state index contributed by atoms with van der Waals surface area (Å²) in [5.74, 6) is -0.227. The number of aryl methyl sites for hydroxylation is 1. The Balaban J connectivity index is 3.16. The number of halogens is 1. The van der Waals surface area contributed by atoms with Crippen molar-refractivity contribution in [1.82, 2.24) is 9.88 Å². The number of hydrogen-bond donors (Lipinski definition) is 1. The van der Waals surface area contributed by atoms with Gasteiger partial charge in [0.15, 0.2) is 0 Å². The van der Waals surface area contributed by atoms with Gasteiger partial charge in [-0.1, -0.05) is 13.3 Å². The van der Waals surface area contributed by atoms with Crippen LogP contribution in [0.3, 0.4) is 0 Å². The van der Waals surface area contributed by atoms with Crippen LogP contribution in [-0.4, -0.2) is 29.4 Å². The lowest BCUT2D eigenvalue weighted by atomic mass is 10.2. The molecular weight excluding hydrogens is 331 g/mol. The highest BCUT2D eigenvalue weighted by molar-refractivity contribution is 14.1. The van der Waals surface area contributed by atoms with Gasteiger partial charge in [-0.15, -0.1) is 0 Å². The van der Waals surface area contributed by atoms with Gasteiger partial charge in [0.1, 0.15) is 5.56 Å². The minimum absolute atomic E-state index is 0.221. The van der Waals surface area contributed by atoms with Gasteiger partial charge >= 0.3 is 0 Å². The topological polar surface area (TPSA) is 53.2 Å². The molecular formula is C12H17IN2O2. The summed E-state index contributed by atoms with van der Waals surface area (Å²) < 4.78 is 0.942. The fraction of sp³-hybridized carbons (Fsp3) is 0.500. The molecule has 0 bridgehead atoms. The molecule has 0 fully saturated rings. The van der Waals surface area contributed by atoms with Crippen molar-refractivity contribution in [1.29, 1.82) is 0 Å². The molecule has 1 heterocycles. The second-order valence-corrected chi connectivity index (χ2v) is 5.07. The van der Waals surface area contributed by atoms with Crippen molar-refractivity contribution >= 4 is 28.5 Å². The predicted octanol–water partition coefficient (Wildman–Crippen LogP) is 2.02. The Morgan fingerprint density at radius 2 is 2.12 bits per heavy atom. The number of nitrogens with one attached hydrogen (secondary N) is 1. The van der Waals surface area contributed by atoms with E-state index in [1.165, 1.54) is 4.90 Å². The summed E-state index contributed by atoms with van der Waals surface area (Å²) in [6, 6.07) is 1.68. The number of H-pyrrole nitrogens is 1. The Morgan fingerprint density at radius 1 is 1.47 bits per heavy atom. The molecule has 1 aromatic rings. The lowest BCUT2D eigenvalue weighted by molar-refractivity contribution is 0.0800. The molecule has 0 aliphatic heterocycles. The number of amides is 1. The Bertz CT molecular complexity index is 468. The summed E-state index contributed by atoms with van der Waals surface area (Å²) in [6.07, 6.45) is 1.79. The maximum Gasteiger partial charge on any atom is 0.261 e. The zero-order chi connectivity index (χ0) is 13.0. The highest BCUT2D eigenvalue weighted by Crippen LogP contribution is 2.12. The summed E-state index contributed by atoms with van der Waals surface area (Å²) in [5.41, 5.74) is 0.839. The first-order valence-corrected chi connectivity index (χ1v) is 6.76. The number of carbonyl (C=O) groups is 1. The smallest absolute Gasteiger partial charge is 0.261 e. The minimum Gasteiger partial charge on any atom is -0.342 e. The number of aromatic amines is 1. The first kappa shape index (κ1) is 14.2. The fourth-order valence-corrected chi connectivity index (χ4v) is 2.20. The van der Waals surface area contributed by atoms with Crippen LogP contribution in [0.2, 0.25) is 0 Å². The fourth-order valence-electron chi connectivity index (χ4n) is 1.48. The predicted molar refractivity (Wildman–Crippen MR) is 76.4 cm³/mol. The number of hydrogen-bond acceptors (Lipinski definition) is 2. The molecule has 0 saturated heterocycles. The third kappa shape index (κ3) is 3.31. The monoisotopic (exact) mass is 348 g/mol. The Kier molecular flexibility index (Phi) is 5.17. The average molecular weight is 348 g/mol. The van der Waals surface area contributed by atoms with Gasteiger partial charge in [-0.05, 0) is 42.0 Å². The Morgan fingerprint density at radius 3 is 2.65 bits per heavy atom. The maximum atomic E-state index is 11.9. The van der Waals surface area contributed by atoms with Crippen molar-refractivity contribution in [2.75, 3.05) is 13.6 Å². The van der Waals surface area contributed by atoms with Crippen LogP contribution in [0.25, 0.3) is 0 Å². The standard InChI is InChI=1S/C12H17IN2O2/c1-4-6-10-9(13)7-8(11(16)14-10)12(17)15(3)5-2/h7H,4-6H2,1-3H3,(H,14,16). The van der Waals surface area contributed by atoms with E-state index in [9.17, 15) is 9.59 Å². The van der Waals surface area contributed by atoms with Crippen LogP contribution >= 0.6 is 22.6 Å². The van der Waals surface area contributed by atoms with E-state index in [2.05, 4.69) is 34.5 Å². The van der Waals surface area contributed by atoms with E-state index >= 15 is 0 Å². The molecule has 0 atom stereocenters. The third-order valence-electron chi connectivity index (χ3n) is 2.62. The van der Waals surface area contributed by atoms with E-state index in [0.29, 0.717) is 6.54 Å². The zero-order valence-corrected chi connectivity index (χ0v) is 12.5. The third-order valence-corrected chi connectivity index (χ3v) is 3.58. The molecule has 4 nitrogen and oxygen atoms in total. The number of nitrogens with zero attached hydrogens (tertiary/aromatic N) is 1. The maximum absolute atomic E-state index is 11.9. The molecule has 17 heavy (non-hydrogen) atoms. The molecule has 0 unspecified atom stereocenters. The molecule has 5 heteroatoms. The van der Waals surface area contributed by atoms with Gasteiger partial charge in [-0.25, -0.2) is 0 Å². The van der Waals surface area contributed by atoms with E-state index in [0.717, 1.165) is 22.1 Å². The van der Waals surface area contributed by atoms with Crippen molar-refractivity contribution < 1.29 is 4.79 Å². The normalized spacial score (nSPS) is 10.4. The summed E-state index contributed by atoms with van der Waals surface area (Å²) in [4.78, 5) is 28.1. The van der Waals surface area contributed by atoms with Crippen LogP contribution in [-0.2, 0) is 6.42 Å². The van der Waals surface area contributed by atoms with Gasteiger partial charge < -0.3 is 9.88 Å². The molecule has 94 valence electrons. The molecule has 0 spiro atoms. The van der Waals surface area contributed by atoms with Crippen LogP contribution in [0.1, 0.15) is 36.3 Å². The van der Waals surface area contributed by atoms with Crippen molar-refractivity contribution in [3.63, 3.8) is 0 Å². The molecule has 0 saturated carbocycles. The van der Waals surface area contributed by atoms with Crippen molar-refractivity contribution in [2.24, 2.45) is 0 Å². The van der Waals surface area contributed by atoms with E-state index in [1.807, 2.05) is 6.92 Å². The van der Waals surface area contributed by atoms with Crippen molar-refractivity contribution in [3.05, 3.63) is 31.2 Å². The molecule has 1 amide bonds. The van der Waals surface area contributed by atoms with Gasteiger partial charge in [0.2, 0.25) is 0 Å². The number of rotatable bonds is 4. The van der Waals surface area contributed by atoms with Crippen LogP contribution in [0.5, 0.6) is 0 Å². The second-order valence-electron chi connectivity index (χ2n) is 3.91. The number of aromatic nitrogens is 1. The first-order chi connectivity index (χ1) is 8.01. The van der Waals surface area contributed by atoms with Gasteiger partial charge in [-0.3, -0.25) is 9.59 Å². The van der Waals surface area contributed by atoms with Crippen LogP contribution in [0.4, 0.5) is 0 Å². The lowest BCUT2D eigenvalue weighted by Crippen LogP contribution is -2.32. The molecule has 1 rings (SSSR count). The van der Waals surface area contributed by atoms with E-state index in [-0.39, 0.29) is 17.0 Å². The summed E-state index contributed by atoms with van der Waals surface area (Å²) >= 11 is 2.15. The van der Waals surface area contributed by atoms with Crippen LogP contribution in [0, 0.1) is 3.57 Å². The van der Waals surface area contributed by atoms with Crippen LogP contribution in [0.15, 0.2) is 10.9 Å².